The average Bonchev–Trinajstić information content (AvgIpc) is 2.85. The van der Waals surface area contributed by atoms with Crippen molar-refractivity contribution in [2.75, 3.05) is 6.61 Å². The molecule has 0 bridgehead atoms. The summed E-state index contributed by atoms with van der Waals surface area (Å²) >= 11 is 0. The van der Waals surface area contributed by atoms with Gasteiger partial charge in [-0.1, -0.05) is 0 Å². The summed E-state index contributed by atoms with van der Waals surface area (Å²) < 4.78 is 30.0. The first-order valence-electron chi connectivity index (χ1n) is 8.09. The molecule has 1 aromatic rings. The molecule has 27 heavy (non-hydrogen) atoms. The van der Waals surface area contributed by atoms with E-state index in [0.717, 1.165) is 18.4 Å². The fraction of sp³-hybridized carbons (Fsp3) is 0.562. The first kappa shape index (κ1) is 20.3. The van der Waals surface area contributed by atoms with Crippen molar-refractivity contribution in [3.05, 3.63) is 32.9 Å². The average molecular weight is 386 g/mol. The number of halogens is 1. The van der Waals surface area contributed by atoms with E-state index in [-0.39, 0.29) is 13.0 Å². The number of nitrogens with one attached hydrogen (secondary N) is 1. The molecule has 148 valence electrons. The number of hydrogen-bond donors (Lipinski definition) is 1. The highest BCUT2D eigenvalue weighted by atomic mass is 19.1. The first-order valence-corrected chi connectivity index (χ1v) is 8.09. The Morgan fingerprint density at radius 1 is 1.11 bits per heavy atom. The maximum absolute atomic E-state index is 13.7. The van der Waals surface area contributed by atoms with Crippen LogP contribution in [0.5, 0.6) is 0 Å². The van der Waals surface area contributed by atoms with E-state index >= 15 is 0 Å². The molecular weight excluding hydrogens is 367 g/mol. The highest BCUT2D eigenvalue weighted by molar-refractivity contribution is 5.68. The van der Waals surface area contributed by atoms with Crippen LogP contribution in [-0.2, 0) is 28.6 Å². The zero-order chi connectivity index (χ0) is 20.3. The summed E-state index contributed by atoms with van der Waals surface area (Å²) in [5, 5.41) is 0. The molecule has 1 aliphatic carbocycles. The number of H-pyrrole nitrogens is 1. The molecule has 1 saturated carbocycles. The molecule has 0 spiro atoms. The number of ether oxygens (including phenoxy) is 3. The molecule has 1 aromatic heterocycles. The van der Waals surface area contributed by atoms with Crippen LogP contribution in [0.2, 0.25) is 0 Å². The maximum Gasteiger partial charge on any atom is 0.328 e. The highest BCUT2D eigenvalue weighted by Crippen LogP contribution is 2.39. The maximum atomic E-state index is 13.7. The van der Waals surface area contributed by atoms with Crippen LogP contribution in [0.15, 0.2) is 15.8 Å². The van der Waals surface area contributed by atoms with Crippen molar-refractivity contribution in [1.29, 1.82) is 0 Å². The summed E-state index contributed by atoms with van der Waals surface area (Å²) in [5.74, 6) is -3.78. The quantitative estimate of drug-likeness (QED) is 0.537. The summed E-state index contributed by atoms with van der Waals surface area (Å²) in [6.07, 6.45) is -1.41. The van der Waals surface area contributed by atoms with Gasteiger partial charge < -0.3 is 14.2 Å². The van der Waals surface area contributed by atoms with Gasteiger partial charge in [0, 0.05) is 26.7 Å². The number of carbonyl (C=O) groups excluding carboxylic acids is 3. The molecule has 0 amide bonds. The Balaban J connectivity index is 2.47. The molecule has 1 N–H and O–H groups in total. The van der Waals surface area contributed by atoms with Crippen molar-refractivity contribution in [3.8, 4) is 0 Å². The number of carbonyl (C=O) groups is 3. The van der Waals surface area contributed by atoms with Crippen molar-refractivity contribution in [2.24, 2.45) is 5.92 Å². The smallest absolute Gasteiger partial charge is 0.328 e. The zero-order valence-corrected chi connectivity index (χ0v) is 14.9. The number of nitrogens with zero attached hydrogens (tertiary/aromatic N) is 1. The van der Waals surface area contributed by atoms with Crippen molar-refractivity contribution in [2.45, 2.75) is 45.4 Å². The van der Waals surface area contributed by atoms with E-state index in [9.17, 15) is 28.4 Å². The number of esters is 3. The minimum atomic E-state index is -1.20. The molecule has 11 heteroatoms. The predicted octanol–water partition coefficient (Wildman–Crippen LogP) is -0.337. The molecule has 1 aliphatic rings. The van der Waals surface area contributed by atoms with Gasteiger partial charge in [-0.3, -0.25) is 28.7 Å². The second kappa shape index (κ2) is 8.14. The largest absolute Gasteiger partial charge is 0.465 e. The van der Waals surface area contributed by atoms with Gasteiger partial charge in [0.2, 0.25) is 5.82 Å². The van der Waals surface area contributed by atoms with Crippen LogP contribution in [0.1, 0.15) is 33.2 Å². The van der Waals surface area contributed by atoms with Crippen molar-refractivity contribution >= 4 is 17.9 Å². The summed E-state index contributed by atoms with van der Waals surface area (Å²) in [6, 6.07) is -0.947. The van der Waals surface area contributed by atoms with E-state index in [1.165, 1.54) is 6.92 Å². The lowest BCUT2D eigenvalue weighted by atomic mass is 10.1. The lowest BCUT2D eigenvalue weighted by molar-refractivity contribution is -0.168. The Bertz CT molecular complexity index is 861. The summed E-state index contributed by atoms with van der Waals surface area (Å²) in [4.78, 5) is 59.3. The second-order valence-corrected chi connectivity index (χ2v) is 6.16. The predicted molar refractivity (Wildman–Crippen MR) is 86.2 cm³/mol. The minimum absolute atomic E-state index is 0.0641. The van der Waals surface area contributed by atoms with Gasteiger partial charge in [-0.05, 0) is 6.42 Å². The Morgan fingerprint density at radius 2 is 1.70 bits per heavy atom. The monoisotopic (exact) mass is 386 g/mol. The summed E-state index contributed by atoms with van der Waals surface area (Å²) in [7, 11) is 0. The summed E-state index contributed by atoms with van der Waals surface area (Å²) in [5.41, 5.74) is -2.11. The number of aromatic nitrogens is 2. The molecule has 10 nitrogen and oxygen atoms in total. The van der Waals surface area contributed by atoms with Gasteiger partial charge in [-0.25, -0.2) is 4.79 Å². The number of hydrogen-bond acceptors (Lipinski definition) is 8. The van der Waals surface area contributed by atoms with Crippen LogP contribution in [0.25, 0.3) is 0 Å². The van der Waals surface area contributed by atoms with Crippen LogP contribution in [-0.4, -0.2) is 46.3 Å². The fourth-order valence-corrected chi connectivity index (χ4v) is 3.12. The zero-order valence-electron chi connectivity index (χ0n) is 14.9. The van der Waals surface area contributed by atoms with E-state index < -0.39 is 59.1 Å². The molecule has 0 aliphatic heterocycles. The highest BCUT2D eigenvalue weighted by Gasteiger charge is 2.49. The molecule has 0 aromatic carbocycles. The molecule has 0 saturated heterocycles. The molecule has 0 radical (unpaired) electrons. The van der Waals surface area contributed by atoms with Crippen molar-refractivity contribution < 1.29 is 33.0 Å². The summed E-state index contributed by atoms with van der Waals surface area (Å²) in [6.45, 7) is 3.30. The van der Waals surface area contributed by atoms with Crippen LogP contribution in [0.4, 0.5) is 4.39 Å². The lowest BCUT2D eigenvalue weighted by Gasteiger charge is -2.26. The molecule has 1 fully saturated rings. The number of aromatic amines is 1. The van der Waals surface area contributed by atoms with Crippen LogP contribution in [0, 0.1) is 11.7 Å². The van der Waals surface area contributed by atoms with Gasteiger partial charge in [0.05, 0.1) is 18.8 Å². The second-order valence-electron chi connectivity index (χ2n) is 6.16. The normalized spacial score (nSPS) is 24.3. The van der Waals surface area contributed by atoms with Crippen LogP contribution < -0.4 is 11.2 Å². The molecular formula is C16H19FN2O8. The van der Waals surface area contributed by atoms with Gasteiger partial charge in [-0.15, -0.1) is 0 Å². The van der Waals surface area contributed by atoms with Crippen molar-refractivity contribution in [1.82, 2.24) is 9.55 Å². The van der Waals surface area contributed by atoms with E-state index in [2.05, 4.69) is 0 Å². The lowest BCUT2D eigenvalue weighted by Crippen LogP contribution is -2.41. The Kier molecular flexibility index (Phi) is 6.13. The van der Waals surface area contributed by atoms with E-state index in [1.54, 1.807) is 0 Å². The molecule has 4 atom stereocenters. The van der Waals surface area contributed by atoms with Crippen LogP contribution in [0.3, 0.4) is 0 Å². The van der Waals surface area contributed by atoms with Crippen LogP contribution >= 0.6 is 0 Å². The van der Waals surface area contributed by atoms with E-state index in [4.69, 9.17) is 14.2 Å². The Hall–Kier alpha value is -2.98. The third-order valence-corrected chi connectivity index (χ3v) is 4.10. The number of rotatable bonds is 5. The molecule has 1 heterocycles. The third kappa shape index (κ3) is 4.80. The van der Waals surface area contributed by atoms with Gasteiger partial charge in [0.15, 0.2) is 6.10 Å². The van der Waals surface area contributed by atoms with Gasteiger partial charge in [-0.2, -0.15) is 4.39 Å². The fourth-order valence-electron chi connectivity index (χ4n) is 3.12. The van der Waals surface area contributed by atoms with Gasteiger partial charge in [0.1, 0.15) is 6.10 Å². The first-order chi connectivity index (χ1) is 12.6. The Labute approximate surface area is 152 Å². The minimum Gasteiger partial charge on any atom is -0.465 e. The topological polar surface area (TPSA) is 134 Å². The van der Waals surface area contributed by atoms with Gasteiger partial charge >= 0.3 is 23.6 Å². The third-order valence-electron chi connectivity index (χ3n) is 4.10. The molecule has 0 unspecified atom stereocenters. The SMILES string of the molecule is CC(=O)OC[C@H]1C[C@@H](n2cc(F)c(=O)[nH]c2=O)[C@H](OC(C)=O)[C@@H]1OC(C)=O. The van der Waals surface area contributed by atoms with E-state index in [1.807, 2.05) is 4.98 Å². The standard InChI is InChI=1S/C16H19FN2O8/c1-7(20)25-6-10-4-12(19-5-11(17)15(23)18-16(19)24)14(27-9(3)22)13(10)26-8(2)21/h5,10,12-14H,4,6H2,1-3H3,(H,18,23,24)/t10-,12-,13-,14+/m1/s1. The van der Waals surface area contributed by atoms with Crippen molar-refractivity contribution in [3.63, 3.8) is 0 Å². The molecule has 2 rings (SSSR count). The van der Waals surface area contributed by atoms with Gasteiger partial charge in [0.25, 0.3) is 5.56 Å². The Morgan fingerprint density at radius 3 is 2.26 bits per heavy atom. The van der Waals surface area contributed by atoms with E-state index in [0.29, 0.717) is 6.20 Å².